The summed E-state index contributed by atoms with van der Waals surface area (Å²) in [5.41, 5.74) is 2.57. The molecule has 0 radical (unpaired) electrons. The predicted octanol–water partition coefficient (Wildman–Crippen LogP) is 4.33. The molecule has 1 aromatic heterocycles. The number of unbranched alkanes of at least 4 members (excludes halogenated alkanes) is 1. The summed E-state index contributed by atoms with van der Waals surface area (Å²) in [7, 11) is 0. The van der Waals surface area contributed by atoms with Gasteiger partial charge in [-0.1, -0.05) is 37.1 Å². The average Bonchev–Trinajstić information content (AvgIpc) is 2.46. The lowest BCUT2D eigenvalue weighted by molar-refractivity contribution is 0.102. The van der Waals surface area contributed by atoms with Gasteiger partial charge in [-0.05, 0) is 42.7 Å². The molecule has 1 heterocycles. The molecule has 0 aliphatic carbocycles. The molecule has 0 aliphatic rings. The molecule has 1 N–H and O–H groups in total. The van der Waals surface area contributed by atoms with E-state index in [0.29, 0.717) is 10.7 Å². The maximum absolute atomic E-state index is 12.0. The number of carbonyl (C=O) groups excluding carboxylic acids is 1. The van der Waals surface area contributed by atoms with E-state index in [4.69, 9.17) is 11.6 Å². The Hall–Kier alpha value is -1.87. The van der Waals surface area contributed by atoms with Crippen LogP contribution < -0.4 is 5.32 Å². The summed E-state index contributed by atoms with van der Waals surface area (Å²) in [4.78, 5) is 15.9. The predicted molar refractivity (Wildman–Crippen MR) is 82.3 cm³/mol. The van der Waals surface area contributed by atoms with Crippen LogP contribution in [0.15, 0.2) is 42.6 Å². The van der Waals surface area contributed by atoms with Crippen molar-refractivity contribution >= 4 is 23.2 Å². The van der Waals surface area contributed by atoms with Gasteiger partial charge in [0.1, 0.15) is 5.15 Å². The van der Waals surface area contributed by atoms with Crippen LogP contribution in [0.3, 0.4) is 0 Å². The van der Waals surface area contributed by atoms with Crippen molar-refractivity contribution in [2.75, 3.05) is 5.32 Å². The molecular formula is C16H17ClN2O. The van der Waals surface area contributed by atoms with Crippen LogP contribution in [0.2, 0.25) is 5.15 Å². The number of hydrogen-bond donors (Lipinski definition) is 1. The van der Waals surface area contributed by atoms with Crippen molar-refractivity contribution in [2.24, 2.45) is 0 Å². The lowest BCUT2D eigenvalue weighted by Crippen LogP contribution is -2.11. The Bertz CT molecular complexity index is 581. The molecule has 0 spiro atoms. The fourth-order valence-electron chi connectivity index (χ4n) is 1.88. The number of carbonyl (C=O) groups is 1. The minimum absolute atomic E-state index is 0.185. The number of aromatic nitrogens is 1. The Balaban J connectivity index is 2.01. The Morgan fingerprint density at radius 2 is 2.00 bits per heavy atom. The monoisotopic (exact) mass is 288 g/mol. The third-order valence-electron chi connectivity index (χ3n) is 3.02. The van der Waals surface area contributed by atoms with Gasteiger partial charge in [0.25, 0.3) is 5.91 Å². The summed E-state index contributed by atoms with van der Waals surface area (Å²) in [6.45, 7) is 2.18. The van der Waals surface area contributed by atoms with E-state index in [2.05, 4.69) is 17.2 Å². The Labute approximate surface area is 124 Å². The molecule has 20 heavy (non-hydrogen) atoms. The largest absolute Gasteiger partial charge is 0.322 e. The van der Waals surface area contributed by atoms with Gasteiger partial charge in [-0.25, -0.2) is 4.98 Å². The van der Waals surface area contributed by atoms with Gasteiger partial charge in [0.15, 0.2) is 0 Å². The first-order chi connectivity index (χ1) is 9.69. The van der Waals surface area contributed by atoms with E-state index < -0.39 is 0 Å². The molecule has 0 saturated heterocycles. The fourth-order valence-corrected chi connectivity index (χ4v) is 2.06. The summed E-state index contributed by atoms with van der Waals surface area (Å²) >= 11 is 5.77. The molecule has 1 amide bonds. The highest BCUT2D eigenvalue weighted by Crippen LogP contribution is 2.14. The molecule has 0 fully saturated rings. The van der Waals surface area contributed by atoms with E-state index in [1.54, 1.807) is 12.1 Å². The molecule has 0 atom stereocenters. The highest BCUT2D eigenvalue weighted by Gasteiger charge is 2.06. The number of rotatable bonds is 5. The second-order valence-corrected chi connectivity index (χ2v) is 5.01. The van der Waals surface area contributed by atoms with Crippen LogP contribution >= 0.6 is 11.6 Å². The zero-order valence-corrected chi connectivity index (χ0v) is 12.2. The molecule has 4 heteroatoms. The number of pyridine rings is 1. The van der Waals surface area contributed by atoms with Gasteiger partial charge in [-0.15, -0.1) is 0 Å². The van der Waals surface area contributed by atoms with E-state index in [0.717, 1.165) is 12.1 Å². The van der Waals surface area contributed by atoms with Crippen molar-refractivity contribution in [1.29, 1.82) is 0 Å². The van der Waals surface area contributed by atoms with Crippen LogP contribution in [0.5, 0.6) is 0 Å². The number of anilines is 1. The van der Waals surface area contributed by atoms with Crippen molar-refractivity contribution in [3.63, 3.8) is 0 Å². The second-order valence-electron chi connectivity index (χ2n) is 4.62. The van der Waals surface area contributed by atoms with Crippen molar-refractivity contribution in [3.05, 3.63) is 58.9 Å². The van der Waals surface area contributed by atoms with E-state index in [1.807, 2.05) is 24.3 Å². The molecule has 1 aromatic carbocycles. The molecule has 0 saturated carbocycles. The number of halogens is 1. The number of benzene rings is 1. The third kappa shape index (κ3) is 4.07. The SMILES string of the molecule is CCCCc1ccc(NC(=O)c2ccnc(Cl)c2)cc1. The molecule has 2 rings (SSSR count). The topological polar surface area (TPSA) is 42.0 Å². The van der Waals surface area contributed by atoms with Crippen LogP contribution in [0, 0.1) is 0 Å². The van der Waals surface area contributed by atoms with E-state index in [9.17, 15) is 4.79 Å². The molecular weight excluding hydrogens is 272 g/mol. The average molecular weight is 289 g/mol. The van der Waals surface area contributed by atoms with Crippen LogP contribution in [0.1, 0.15) is 35.7 Å². The van der Waals surface area contributed by atoms with Crippen molar-refractivity contribution in [3.8, 4) is 0 Å². The highest BCUT2D eigenvalue weighted by atomic mass is 35.5. The Morgan fingerprint density at radius 3 is 2.65 bits per heavy atom. The second kappa shape index (κ2) is 7.06. The quantitative estimate of drug-likeness (QED) is 0.832. The highest BCUT2D eigenvalue weighted by molar-refractivity contribution is 6.29. The third-order valence-corrected chi connectivity index (χ3v) is 3.23. The Kier molecular flexibility index (Phi) is 5.13. The van der Waals surface area contributed by atoms with Crippen LogP contribution in [0.4, 0.5) is 5.69 Å². The number of aryl methyl sites for hydroxylation is 1. The number of nitrogens with one attached hydrogen (secondary N) is 1. The smallest absolute Gasteiger partial charge is 0.255 e. The first kappa shape index (κ1) is 14.5. The summed E-state index contributed by atoms with van der Waals surface area (Å²) in [5.74, 6) is -0.185. The lowest BCUT2D eigenvalue weighted by Gasteiger charge is -2.06. The summed E-state index contributed by atoms with van der Waals surface area (Å²) < 4.78 is 0. The van der Waals surface area contributed by atoms with Gasteiger partial charge in [0.05, 0.1) is 0 Å². The first-order valence-electron chi connectivity index (χ1n) is 6.71. The minimum atomic E-state index is -0.185. The summed E-state index contributed by atoms with van der Waals surface area (Å²) in [6.07, 6.45) is 4.96. The molecule has 0 aliphatic heterocycles. The zero-order valence-electron chi connectivity index (χ0n) is 11.4. The van der Waals surface area contributed by atoms with E-state index >= 15 is 0 Å². The van der Waals surface area contributed by atoms with E-state index in [-0.39, 0.29) is 5.91 Å². The lowest BCUT2D eigenvalue weighted by atomic mass is 10.1. The maximum Gasteiger partial charge on any atom is 0.255 e. The van der Waals surface area contributed by atoms with E-state index in [1.165, 1.54) is 24.6 Å². The number of nitrogens with zero attached hydrogens (tertiary/aromatic N) is 1. The van der Waals surface area contributed by atoms with Crippen molar-refractivity contribution in [1.82, 2.24) is 4.98 Å². The minimum Gasteiger partial charge on any atom is -0.322 e. The summed E-state index contributed by atoms with van der Waals surface area (Å²) in [6, 6.07) is 11.1. The number of amides is 1. The van der Waals surface area contributed by atoms with Crippen LogP contribution in [-0.4, -0.2) is 10.9 Å². The van der Waals surface area contributed by atoms with Crippen molar-refractivity contribution in [2.45, 2.75) is 26.2 Å². The fraction of sp³-hybridized carbons (Fsp3) is 0.250. The first-order valence-corrected chi connectivity index (χ1v) is 7.08. The molecule has 2 aromatic rings. The number of hydrogen-bond acceptors (Lipinski definition) is 2. The summed E-state index contributed by atoms with van der Waals surface area (Å²) in [5, 5.41) is 3.16. The van der Waals surface area contributed by atoms with Gasteiger partial charge in [-0.2, -0.15) is 0 Å². The zero-order chi connectivity index (χ0) is 14.4. The van der Waals surface area contributed by atoms with Crippen LogP contribution in [-0.2, 0) is 6.42 Å². The van der Waals surface area contributed by atoms with Gasteiger partial charge in [0.2, 0.25) is 0 Å². The maximum atomic E-state index is 12.0. The van der Waals surface area contributed by atoms with Gasteiger partial charge in [0, 0.05) is 17.4 Å². The molecule has 0 bridgehead atoms. The normalized spacial score (nSPS) is 10.3. The molecule has 3 nitrogen and oxygen atoms in total. The van der Waals surface area contributed by atoms with Gasteiger partial charge in [-0.3, -0.25) is 4.79 Å². The standard InChI is InChI=1S/C16H17ClN2O/c1-2-3-4-12-5-7-14(8-6-12)19-16(20)13-9-10-18-15(17)11-13/h5-11H,2-4H2,1H3,(H,19,20). The van der Waals surface area contributed by atoms with Gasteiger partial charge < -0.3 is 5.32 Å². The van der Waals surface area contributed by atoms with Crippen molar-refractivity contribution < 1.29 is 4.79 Å². The van der Waals surface area contributed by atoms with Crippen LogP contribution in [0.25, 0.3) is 0 Å². The van der Waals surface area contributed by atoms with Gasteiger partial charge >= 0.3 is 0 Å². The molecule has 104 valence electrons. The molecule has 0 unspecified atom stereocenters. The Morgan fingerprint density at radius 1 is 1.25 bits per heavy atom.